The molecule has 59 heavy (non-hydrogen) atoms. The van der Waals surface area contributed by atoms with Gasteiger partial charge in [0, 0.05) is 50.4 Å². The molecule has 0 aliphatic carbocycles. The zero-order chi connectivity index (χ0) is 43.6. The van der Waals surface area contributed by atoms with Crippen molar-refractivity contribution in [1.82, 2.24) is 19.8 Å². The summed E-state index contributed by atoms with van der Waals surface area (Å²) in [6.07, 6.45) is -3.34. The van der Waals surface area contributed by atoms with Crippen molar-refractivity contribution in [1.29, 1.82) is 0 Å². The van der Waals surface area contributed by atoms with Gasteiger partial charge >= 0.3 is 12.1 Å². The highest BCUT2D eigenvalue weighted by Crippen LogP contribution is 2.43. The summed E-state index contributed by atoms with van der Waals surface area (Å²) in [5, 5.41) is 14.6. The summed E-state index contributed by atoms with van der Waals surface area (Å²) in [4.78, 5) is 63.2. The Morgan fingerprint density at radius 3 is 2.32 bits per heavy atom. The first kappa shape index (κ1) is 46.6. The number of unbranched alkanes of at least 4 members (excludes halogenated alkanes) is 1. The first-order chi connectivity index (χ1) is 27.8. The topological polar surface area (TPSA) is 168 Å². The first-order valence-corrected chi connectivity index (χ1v) is 21.5. The van der Waals surface area contributed by atoms with Crippen LogP contribution in [0.4, 0.5) is 9.18 Å². The number of aryl methyl sites for hydroxylation is 2. The molecule has 0 radical (unpaired) electrons. The number of hydrogen-bond acceptors (Lipinski definition) is 12. The van der Waals surface area contributed by atoms with Crippen molar-refractivity contribution >= 4 is 34.7 Å². The predicted molar refractivity (Wildman–Crippen MR) is 218 cm³/mol. The Balaban J connectivity index is 1.49. The number of cyclic esters (lactones) is 1. The van der Waals surface area contributed by atoms with Crippen LogP contribution >= 0.6 is 0 Å². The van der Waals surface area contributed by atoms with Crippen LogP contribution in [0, 0.1) is 17.8 Å². The zero-order valence-corrected chi connectivity index (χ0v) is 36.8. The molecule has 2 aromatic rings. The van der Waals surface area contributed by atoms with Crippen molar-refractivity contribution in [3.8, 4) is 0 Å². The number of halogens is 1. The molecule has 0 spiro atoms. The molecule has 14 nitrogen and oxygen atoms in total. The molecular formula is C44H67FN4O10. The van der Waals surface area contributed by atoms with Crippen LogP contribution in [0.5, 0.6) is 0 Å². The summed E-state index contributed by atoms with van der Waals surface area (Å²) in [5.41, 5.74) is -4.25. The number of hydrogen-bond donors (Lipinski definition) is 2. The second-order valence-electron chi connectivity index (χ2n) is 17.5. The molecule has 0 saturated carbocycles. The Morgan fingerprint density at radius 1 is 1.00 bits per heavy atom. The van der Waals surface area contributed by atoms with Gasteiger partial charge in [0.2, 0.25) is 0 Å². The number of aliphatic hydroxyl groups is 1. The molecule has 4 heterocycles. The molecule has 3 fully saturated rings. The minimum Gasteiger partial charge on any atom is -0.455 e. The Hall–Kier alpha value is -3.50. The average molecular weight is 831 g/mol. The molecule has 0 bridgehead atoms. The number of fused-ring (bicyclic) bond motifs is 2. The number of benzene rings is 1. The molecule has 3 aliphatic heterocycles. The molecule has 3 aliphatic rings. The Morgan fingerprint density at radius 2 is 1.68 bits per heavy atom. The number of carbonyl (C=O) groups excluding carboxylic acids is 4. The van der Waals surface area contributed by atoms with Crippen molar-refractivity contribution in [3.63, 3.8) is 0 Å². The lowest BCUT2D eigenvalue weighted by atomic mass is 9.73. The van der Waals surface area contributed by atoms with Gasteiger partial charge in [0.1, 0.15) is 23.8 Å². The summed E-state index contributed by atoms with van der Waals surface area (Å²) in [6.45, 7) is 18.0. The lowest BCUT2D eigenvalue weighted by Gasteiger charge is -2.46. The van der Waals surface area contributed by atoms with Crippen LogP contribution in [0.15, 0.2) is 24.3 Å². The molecule has 15 heteroatoms. The third-order valence-electron chi connectivity index (χ3n) is 13.1. The Kier molecular flexibility index (Phi) is 14.7. The van der Waals surface area contributed by atoms with E-state index in [1.165, 1.54) is 18.9 Å². The first-order valence-electron chi connectivity index (χ1n) is 21.5. The van der Waals surface area contributed by atoms with E-state index in [-0.39, 0.29) is 31.3 Å². The molecular weight excluding hydrogens is 763 g/mol. The van der Waals surface area contributed by atoms with Crippen LogP contribution in [0.1, 0.15) is 107 Å². The molecule has 1 unspecified atom stereocenters. The summed E-state index contributed by atoms with van der Waals surface area (Å²) < 4.78 is 49.7. The van der Waals surface area contributed by atoms with E-state index in [0.717, 1.165) is 30.2 Å². The van der Waals surface area contributed by atoms with Crippen LogP contribution in [0.3, 0.4) is 0 Å². The van der Waals surface area contributed by atoms with Gasteiger partial charge in [0.25, 0.3) is 5.67 Å². The second kappa shape index (κ2) is 18.6. The van der Waals surface area contributed by atoms with Crippen LogP contribution in [-0.4, -0.2) is 123 Å². The number of carbonyl (C=O) groups is 4. The van der Waals surface area contributed by atoms with E-state index < -0.39 is 89.2 Å². The van der Waals surface area contributed by atoms with Crippen LogP contribution in [0.25, 0.3) is 11.0 Å². The molecule has 1 amide bonds. The number of nitrogens with one attached hydrogen (secondary N) is 1. The van der Waals surface area contributed by atoms with Gasteiger partial charge < -0.3 is 43.6 Å². The van der Waals surface area contributed by atoms with Gasteiger partial charge in [-0.15, -0.1) is 0 Å². The van der Waals surface area contributed by atoms with Crippen molar-refractivity contribution < 1.29 is 52.4 Å². The molecule has 1 aromatic heterocycles. The molecule has 5 rings (SSSR count). The van der Waals surface area contributed by atoms with Crippen molar-refractivity contribution in [2.45, 2.75) is 174 Å². The fourth-order valence-corrected chi connectivity index (χ4v) is 9.89. The van der Waals surface area contributed by atoms with Crippen LogP contribution < -0.4 is 5.32 Å². The highest BCUT2D eigenvalue weighted by molar-refractivity contribution is 6.08. The number of Topliss-reactive ketones (excluding diaryl/α,β-unsaturated/α-hetero) is 2. The number of nitrogens with zero attached hydrogens (tertiary/aromatic N) is 3. The maximum absolute atomic E-state index is 16.9. The average Bonchev–Trinajstić information content (AvgIpc) is 3.69. The smallest absolute Gasteiger partial charge is 0.410 e. The highest BCUT2D eigenvalue weighted by Gasteiger charge is 2.61. The summed E-state index contributed by atoms with van der Waals surface area (Å²) >= 11 is 0. The van der Waals surface area contributed by atoms with Crippen LogP contribution in [0.2, 0.25) is 0 Å². The summed E-state index contributed by atoms with van der Waals surface area (Å²) in [7, 11) is 1.41. The summed E-state index contributed by atoms with van der Waals surface area (Å²) in [5.74, 6) is -4.78. The van der Waals surface area contributed by atoms with Gasteiger partial charge in [-0.1, -0.05) is 53.7 Å². The number of imidazole rings is 1. The maximum atomic E-state index is 16.9. The second-order valence-corrected chi connectivity index (χ2v) is 17.5. The van der Waals surface area contributed by atoms with E-state index >= 15 is 4.39 Å². The number of ether oxygens (including phenoxy) is 5. The van der Waals surface area contributed by atoms with E-state index in [0.29, 0.717) is 32.4 Å². The fourth-order valence-electron chi connectivity index (χ4n) is 9.89. The highest BCUT2D eigenvalue weighted by atomic mass is 19.1. The number of aromatic nitrogens is 2. The molecule has 13 atom stereocenters. The largest absolute Gasteiger partial charge is 0.455 e. The van der Waals surface area contributed by atoms with Gasteiger partial charge in [-0.3, -0.25) is 9.59 Å². The van der Waals surface area contributed by atoms with Crippen LogP contribution in [-0.2, 0) is 51.0 Å². The molecule has 2 N–H and O–H groups in total. The third kappa shape index (κ3) is 9.10. The number of esters is 1. The van der Waals surface area contributed by atoms with Gasteiger partial charge in [-0.2, -0.15) is 0 Å². The monoisotopic (exact) mass is 830 g/mol. The SMILES string of the molecule is CCN[C@H]1C[C@@H](C)O[C@@H](O[C@@H]2[C@@H](C)C(=O)[C@](C)(F)C(=O)O[C@H](CC)[C@@]3(C)OC(=O)N(CCCCn4c(CC)nc5ccccc54)C3[C@@H](C)C(=O)[C@H](C)C[C@@]2(C)OC)[C@H]1O. The fraction of sp³-hybridized carbons (Fsp3) is 0.750. The van der Waals surface area contributed by atoms with E-state index in [9.17, 15) is 24.3 Å². The predicted octanol–water partition coefficient (Wildman–Crippen LogP) is 5.72. The third-order valence-corrected chi connectivity index (χ3v) is 13.1. The van der Waals surface area contributed by atoms with Gasteiger partial charge in [0.05, 0.1) is 34.9 Å². The number of aliphatic hydroxyl groups excluding tert-OH is 1. The minimum absolute atomic E-state index is 0.00544. The molecule has 330 valence electrons. The van der Waals surface area contributed by atoms with E-state index in [1.54, 1.807) is 34.6 Å². The van der Waals surface area contributed by atoms with Crippen molar-refractivity contribution in [2.75, 3.05) is 20.2 Å². The number of likely N-dealkylation sites (N-methyl/N-ethyl adjacent to an activating group) is 1. The van der Waals surface area contributed by atoms with Gasteiger partial charge in [0.15, 0.2) is 17.7 Å². The molecule has 1 aromatic carbocycles. The summed E-state index contributed by atoms with van der Waals surface area (Å²) in [6, 6.07) is 6.64. The van der Waals surface area contributed by atoms with Crippen molar-refractivity contribution in [3.05, 3.63) is 30.1 Å². The van der Waals surface area contributed by atoms with Crippen molar-refractivity contribution in [2.24, 2.45) is 17.8 Å². The van der Waals surface area contributed by atoms with E-state index in [4.69, 9.17) is 28.7 Å². The molecule has 3 saturated heterocycles. The Bertz CT molecular complexity index is 1820. The number of amides is 1. The number of rotatable bonds is 12. The van der Waals surface area contributed by atoms with Gasteiger partial charge in [-0.05, 0) is 78.5 Å². The number of ketones is 2. The standard InChI is InChI=1S/C44H67FN4O10/c1-12-32-44(10)36(49(41(54)59-44)22-18-17-21-48-31-20-16-15-19-29(31)47-33(48)13-2)27(6)34(50)25(4)24-42(8,55-11)38(28(7)37(52)43(9,45)40(53)57-32)58-39-35(51)30(46-14-3)23-26(5)56-39/h15-16,19-20,25-28,30,32,35-36,38-39,46,51H,12-14,17-18,21-24H2,1-11H3/t25-,26-,27+,28+,30+,32-,35+,36?,38-,39+,42-,43+,44-/m1/s1. The number of alkyl halides is 1. The Labute approximate surface area is 348 Å². The zero-order valence-electron chi connectivity index (χ0n) is 36.8. The van der Waals surface area contributed by atoms with Gasteiger partial charge in [-0.25, -0.2) is 19.0 Å². The normalized spacial score (nSPS) is 37.6. The van der Waals surface area contributed by atoms with E-state index in [1.807, 2.05) is 38.1 Å². The number of methoxy groups -OCH3 is 1. The lowest BCUT2D eigenvalue weighted by Crippen LogP contribution is -2.62. The van der Waals surface area contributed by atoms with E-state index in [2.05, 4.69) is 16.8 Å². The maximum Gasteiger partial charge on any atom is 0.410 e. The number of para-hydroxylation sites is 2. The quantitative estimate of drug-likeness (QED) is 0.152. The lowest BCUT2D eigenvalue weighted by molar-refractivity contribution is -0.290. The minimum atomic E-state index is -3.17.